The first kappa shape index (κ1) is 13.0. The van der Waals surface area contributed by atoms with Gasteiger partial charge < -0.3 is 15.2 Å². The highest BCUT2D eigenvalue weighted by Crippen LogP contribution is 2.10. The molecule has 8 nitrogen and oxygen atoms in total. The molecule has 19 heavy (non-hydrogen) atoms. The molecular weight excluding hydrogens is 252 g/mol. The van der Waals surface area contributed by atoms with Crippen LogP contribution in [0.15, 0.2) is 18.2 Å². The maximum atomic E-state index is 11.8. The van der Waals surface area contributed by atoms with E-state index < -0.39 is 5.97 Å². The molecule has 0 saturated carbocycles. The zero-order valence-corrected chi connectivity index (χ0v) is 9.92. The Morgan fingerprint density at radius 2 is 2.11 bits per heavy atom. The molecule has 1 heterocycles. The lowest BCUT2D eigenvalue weighted by molar-refractivity contribution is -0.142. The number of benzene rings is 1. The molecule has 0 radical (unpaired) electrons. The van der Waals surface area contributed by atoms with Gasteiger partial charge in [-0.1, -0.05) is 0 Å². The number of ether oxygens (including phenoxy) is 1. The molecule has 0 aliphatic carbocycles. The number of carbonyl (C=O) groups is 2. The summed E-state index contributed by atoms with van der Waals surface area (Å²) in [5.74, 6) is -1.31. The van der Waals surface area contributed by atoms with E-state index in [1.165, 1.54) is 0 Å². The molecule has 0 saturated heterocycles. The van der Waals surface area contributed by atoms with Crippen molar-refractivity contribution in [2.24, 2.45) is 0 Å². The van der Waals surface area contributed by atoms with Gasteiger partial charge in [-0.05, 0) is 18.2 Å². The average Bonchev–Trinajstić information content (AvgIpc) is 2.84. The maximum Gasteiger partial charge on any atom is 0.329 e. The minimum atomic E-state index is -1.04. The molecule has 1 aromatic heterocycles. The normalized spacial score (nSPS) is 10.5. The van der Waals surface area contributed by atoms with Crippen molar-refractivity contribution >= 4 is 22.9 Å². The van der Waals surface area contributed by atoms with Crippen LogP contribution in [0.2, 0.25) is 0 Å². The van der Waals surface area contributed by atoms with Crippen LogP contribution in [0.5, 0.6) is 0 Å². The second-order valence-corrected chi connectivity index (χ2v) is 3.73. The van der Waals surface area contributed by atoms with Gasteiger partial charge in [0.05, 0.1) is 6.61 Å². The molecular formula is C11H12N4O4. The summed E-state index contributed by atoms with van der Waals surface area (Å²) in [7, 11) is 0. The number of aliphatic carboxylic acids is 1. The van der Waals surface area contributed by atoms with E-state index in [2.05, 4.69) is 20.7 Å². The van der Waals surface area contributed by atoms with Gasteiger partial charge in [0.15, 0.2) is 0 Å². The minimum Gasteiger partial charge on any atom is -0.480 e. The van der Waals surface area contributed by atoms with Crippen molar-refractivity contribution < 1.29 is 19.4 Å². The Kier molecular flexibility index (Phi) is 4.04. The molecule has 0 spiro atoms. The van der Waals surface area contributed by atoms with E-state index in [-0.39, 0.29) is 25.7 Å². The van der Waals surface area contributed by atoms with Gasteiger partial charge in [0.25, 0.3) is 5.91 Å². The summed E-state index contributed by atoms with van der Waals surface area (Å²) < 4.78 is 4.80. The van der Waals surface area contributed by atoms with Crippen molar-refractivity contribution in [2.75, 3.05) is 19.8 Å². The molecule has 0 bridgehead atoms. The third-order valence-electron chi connectivity index (χ3n) is 2.34. The third kappa shape index (κ3) is 3.49. The van der Waals surface area contributed by atoms with E-state index in [0.29, 0.717) is 16.6 Å². The number of hydrogen-bond acceptors (Lipinski definition) is 5. The fourth-order valence-corrected chi connectivity index (χ4v) is 1.48. The zero-order valence-electron chi connectivity index (χ0n) is 9.92. The molecule has 8 heteroatoms. The van der Waals surface area contributed by atoms with E-state index in [4.69, 9.17) is 9.84 Å². The Bertz CT molecular complexity index is 595. The Labute approximate surface area is 107 Å². The summed E-state index contributed by atoms with van der Waals surface area (Å²) in [6, 6.07) is 4.94. The number of H-pyrrole nitrogens is 1. The summed E-state index contributed by atoms with van der Waals surface area (Å²) in [5, 5.41) is 21.2. The first-order valence-corrected chi connectivity index (χ1v) is 5.55. The molecule has 100 valence electrons. The number of carboxylic acids is 1. The summed E-state index contributed by atoms with van der Waals surface area (Å²) in [4.78, 5) is 22.0. The van der Waals surface area contributed by atoms with Gasteiger partial charge in [0, 0.05) is 12.1 Å². The smallest absolute Gasteiger partial charge is 0.329 e. The van der Waals surface area contributed by atoms with Gasteiger partial charge in [-0.2, -0.15) is 15.4 Å². The molecule has 2 aromatic rings. The largest absolute Gasteiger partial charge is 0.480 e. The number of fused-ring (bicyclic) bond motifs is 1. The monoisotopic (exact) mass is 264 g/mol. The Hall–Kier alpha value is -2.48. The van der Waals surface area contributed by atoms with Crippen LogP contribution in [0.3, 0.4) is 0 Å². The first-order valence-electron chi connectivity index (χ1n) is 5.55. The van der Waals surface area contributed by atoms with Crippen molar-refractivity contribution in [3.63, 3.8) is 0 Å². The second kappa shape index (κ2) is 5.91. The third-order valence-corrected chi connectivity index (χ3v) is 2.34. The molecule has 2 rings (SSSR count). The summed E-state index contributed by atoms with van der Waals surface area (Å²) in [6.07, 6.45) is 0. The van der Waals surface area contributed by atoms with Crippen LogP contribution in [0, 0.1) is 0 Å². The number of nitrogens with one attached hydrogen (secondary N) is 2. The zero-order chi connectivity index (χ0) is 13.7. The highest BCUT2D eigenvalue weighted by molar-refractivity contribution is 5.97. The SMILES string of the molecule is O=C(O)COCCNC(=O)c1ccc2n[nH]nc2c1. The van der Waals surface area contributed by atoms with Crippen LogP contribution in [-0.2, 0) is 9.53 Å². The van der Waals surface area contributed by atoms with Gasteiger partial charge in [0.1, 0.15) is 17.6 Å². The number of aromatic nitrogens is 3. The van der Waals surface area contributed by atoms with Crippen LogP contribution >= 0.6 is 0 Å². The highest BCUT2D eigenvalue weighted by atomic mass is 16.5. The van der Waals surface area contributed by atoms with Gasteiger partial charge >= 0.3 is 5.97 Å². The van der Waals surface area contributed by atoms with Crippen molar-refractivity contribution in [2.45, 2.75) is 0 Å². The molecule has 0 unspecified atom stereocenters. The Morgan fingerprint density at radius 3 is 2.89 bits per heavy atom. The standard InChI is InChI=1S/C11H12N4O4/c16-10(17)6-19-4-3-12-11(18)7-1-2-8-9(5-7)14-15-13-8/h1-2,5H,3-4,6H2,(H,12,18)(H,16,17)(H,13,14,15). The molecule has 0 aliphatic rings. The van der Waals surface area contributed by atoms with Crippen LogP contribution < -0.4 is 5.32 Å². The first-order chi connectivity index (χ1) is 9.16. The molecule has 1 aromatic carbocycles. The molecule has 3 N–H and O–H groups in total. The summed E-state index contributed by atoms with van der Waals surface area (Å²) in [6.45, 7) is 0.00792. The van der Waals surface area contributed by atoms with E-state index in [0.717, 1.165) is 0 Å². The fourth-order valence-electron chi connectivity index (χ4n) is 1.48. The predicted molar refractivity (Wildman–Crippen MR) is 64.7 cm³/mol. The molecule has 1 amide bonds. The summed E-state index contributed by atoms with van der Waals surface area (Å²) in [5.41, 5.74) is 1.75. The minimum absolute atomic E-state index is 0.143. The number of rotatable bonds is 6. The van der Waals surface area contributed by atoms with Crippen LogP contribution in [-0.4, -0.2) is 52.2 Å². The van der Waals surface area contributed by atoms with Gasteiger partial charge in [0.2, 0.25) is 0 Å². The van der Waals surface area contributed by atoms with E-state index >= 15 is 0 Å². The van der Waals surface area contributed by atoms with E-state index in [1.54, 1.807) is 18.2 Å². The van der Waals surface area contributed by atoms with Crippen molar-refractivity contribution in [1.82, 2.24) is 20.7 Å². The molecule has 0 fully saturated rings. The number of hydrogen-bond donors (Lipinski definition) is 3. The lowest BCUT2D eigenvalue weighted by Gasteiger charge is -2.05. The fraction of sp³-hybridized carbons (Fsp3) is 0.273. The van der Waals surface area contributed by atoms with Gasteiger partial charge in [-0.25, -0.2) is 4.79 Å². The average molecular weight is 264 g/mol. The van der Waals surface area contributed by atoms with Crippen molar-refractivity contribution in [1.29, 1.82) is 0 Å². The molecule has 0 atom stereocenters. The lowest BCUT2D eigenvalue weighted by Crippen LogP contribution is -2.27. The number of carbonyl (C=O) groups excluding carboxylic acids is 1. The second-order valence-electron chi connectivity index (χ2n) is 3.73. The number of aromatic amines is 1. The highest BCUT2D eigenvalue weighted by Gasteiger charge is 2.07. The van der Waals surface area contributed by atoms with Gasteiger partial charge in [-0.3, -0.25) is 4.79 Å². The van der Waals surface area contributed by atoms with E-state index in [9.17, 15) is 9.59 Å². The van der Waals surface area contributed by atoms with Crippen LogP contribution in [0.25, 0.3) is 11.0 Å². The maximum absolute atomic E-state index is 11.8. The van der Waals surface area contributed by atoms with E-state index in [1.807, 2.05) is 0 Å². The van der Waals surface area contributed by atoms with Gasteiger partial charge in [-0.15, -0.1) is 0 Å². The van der Waals surface area contributed by atoms with Crippen molar-refractivity contribution in [3.05, 3.63) is 23.8 Å². The van der Waals surface area contributed by atoms with Crippen LogP contribution in [0.1, 0.15) is 10.4 Å². The predicted octanol–water partition coefficient (Wildman–Crippen LogP) is -0.211. The molecule has 0 aliphatic heterocycles. The quantitative estimate of drug-likeness (QED) is 0.621. The van der Waals surface area contributed by atoms with Crippen molar-refractivity contribution in [3.8, 4) is 0 Å². The Balaban J connectivity index is 1.84. The lowest BCUT2D eigenvalue weighted by atomic mass is 10.2. The number of carboxylic acid groups (broad SMARTS) is 1. The van der Waals surface area contributed by atoms with Crippen LogP contribution in [0.4, 0.5) is 0 Å². The number of amides is 1. The summed E-state index contributed by atoms with van der Waals surface area (Å²) >= 11 is 0. The Morgan fingerprint density at radius 1 is 1.32 bits per heavy atom. The number of nitrogens with zero attached hydrogens (tertiary/aromatic N) is 2. The topological polar surface area (TPSA) is 117 Å².